The highest BCUT2D eigenvalue weighted by Crippen LogP contribution is 2.34. The van der Waals surface area contributed by atoms with Crippen molar-refractivity contribution in [2.24, 2.45) is 5.92 Å². The molecule has 4 aliphatic rings. The summed E-state index contributed by atoms with van der Waals surface area (Å²) in [6.45, 7) is 6.44. The summed E-state index contributed by atoms with van der Waals surface area (Å²) < 4.78 is 38.4. The highest BCUT2D eigenvalue weighted by atomic mass is 19.1. The van der Waals surface area contributed by atoms with Gasteiger partial charge in [-0.1, -0.05) is 11.6 Å². The minimum Gasteiger partial charge on any atom is -0.478 e. The van der Waals surface area contributed by atoms with Gasteiger partial charge >= 0.3 is 14.1 Å². The number of ether oxygens (including phenoxy) is 2. The number of hydrogen-bond donors (Lipinski definition) is 4. The monoisotopic (exact) mass is 610 g/mol. The van der Waals surface area contributed by atoms with Gasteiger partial charge in [0, 0.05) is 6.54 Å². The number of hydrogen-bond acceptors (Lipinski definition) is 8. The van der Waals surface area contributed by atoms with E-state index in [2.05, 4.69) is 10.6 Å². The summed E-state index contributed by atoms with van der Waals surface area (Å²) in [6, 6.07) is 6.39. The molecule has 0 spiro atoms. The van der Waals surface area contributed by atoms with Gasteiger partial charge in [0.2, 0.25) is 0 Å². The van der Waals surface area contributed by atoms with Gasteiger partial charge in [-0.2, -0.15) is 0 Å². The molecule has 2 saturated heterocycles. The van der Waals surface area contributed by atoms with Crippen LogP contribution in [0.3, 0.4) is 0 Å². The van der Waals surface area contributed by atoms with Gasteiger partial charge in [0.15, 0.2) is 36.3 Å². The molecule has 2 fully saturated rings. The Hall–Kier alpha value is -3.45. The largest absolute Gasteiger partial charge is 0.478 e. The Balaban J connectivity index is 0.000000175. The molecule has 14 heteroatoms. The Kier molecular flexibility index (Phi) is 10.2. The third kappa shape index (κ3) is 7.98. The van der Waals surface area contributed by atoms with E-state index >= 15 is 0 Å². The summed E-state index contributed by atoms with van der Waals surface area (Å²) in [5.74, 6) is -0.866. The van der Waals surface area contributed by atoms with Gasteiger partial charge in [0.25, 0.3) is 11.8 Å². The fraction of sp³-hybridized carbons (Fsp3) is 0.467. The minimum absolute atomic E-state index is 0.0935. The predicted molar refractivity (Wildman–Crippen MR) is 166 cm³/mol. The quantitative estimate of drug-likeness (QED) is 0.381. The first-order chi connectivity index (χ1) is 21.0. The molecule has 4 heterocycles. The number of benzene rings is 2. The van der Waals surface area contributed by atoms with Crippen LogP contribution in [0.25, 0.3) is 6.08 Å². The first-order valence-electron chi connectivity index (χ1n) is 15.1. The molecule has 0 saturated carbocycles. The maximum atomic E-state index is 14.1. The molecule has 4 aliphatic heterocycles. The van der Waals surface area contributed by atoms with Crippen molar-refractivity contribution in [3.8, 4) is 11.5 Å². The lowest BCUT2D eigenvalue weighted by Crippen LogP contribution is -2.44. The number of nitrogens with one attached hydrogen (secondary N) is 2. The molecule has 44 heavy (non-hydrogen) atoms. The van der Waals surface area contributed by atoms with E-state index in [9.17, 15) is 28.4 Å². The number of carbonyl (C=O) groups is 2. The van der Waals surface area contributed by atoms with Gasteiger partial charge in [-0.15, -0.1) is 0 Å². The summed E-state index contributed by atoms with van der Waals surface area (Å²) in [6.07, 6.45) is 6.62. The number of amides is 2. The second-order valence-electron chi connectivity index (χ2n) is 11.9. The average molecular weight is 610 g/mol. The lowest BCUT2D eigenvalue weighted by molar-refractivity contribution is -0.119. The molecular weight excluding hydrogens is 572 g/mol. The first-order valence-corrected chi connectivity index (χ1v) is 15.1. The molecule has 0 aromatic heterocycles. The van der Waals surface area contributed by atoms with Crippen LogP contribution >= 0.6 is 0 Å². The summed E-state index contributed by atoms with van der Waals surface area (Å²) in [4.78, 5) is 26.7. The maximum Gasteiger partial charge on any atom is 0.376 e. The third-order valence-corrected chi connectivity index (χ3v) is 8.26. The zero-order valence-corrected chi connectivity index (χ0v) is 25.1. The summed E-state index contributed by atoms with van der Waals surface area (Å²) in [7, 11) is -0.938. The Morgan fingerprint density at radius 1 is 0.909 bits per heavy atom. The molecule has 0 bridgehead atoms. The van der Waals surface area contributed by atoms with Crippen LogP contribution in [-0.4, -0.2) is 85.0 Å². The van der Waals surface area contributed by atoms with Crippen LogP contribution in [0.15, 0.2) is 29.8 Å². The summed E-state index contributed by atoms with van der Waals surface area (Å²) in [5.41, 5.74) is 3.44. The molecule has 2 aromatic rings. The van der Waals surface area contributed by atoms with Crippen molar-refractivity contribution in [2.45, 2.75) is 45.8 Å². The summed E-state index contributed by atoms with van der Waals surface area (Å²) >= 11 is 0. The van der Waals surface area contributed by atoms with E-state index in [1.165, 1.54) is 12.1 Å². The maximum absolute atomic E-state index is 14.1. The van der Waals surface area contributed by atoms with Crippen molar-refractivity contribution in [1.29, 1.82) is 0 Å². The topological polar surface area (TPSA) is 124 Å². The van der Waals surface area contributed by atoms with Crippen LogP contribution in [0.1, 0.15) is 36.8 Å². The molecule has 2 aromatic carbocycles. The van der Waals surface area contributed by atoms with E-state index in [-0.39, 0.29) is 36.5 Å². The third-order valence-electron chi connectivity index (χ3n) is 8.26. The molecule has 234 valence electrons. The Morgan fingerprint density at radius 3 is 2.18 bits per heavy atom. The van der Waals surface area contributed by atoms with Crippen molar-refractivity contribution in [3.05, 3.63) is 52.6 Å². The van der Waals surface area contributed by atoms with E-state index < -0.39 is 25.7 Å². The van der Waals surface area contributed by atoms with Crippen LogP contribution in [-0.2, 0) is 16.0 Å². The normalized spacial score (nSPS) is 21.0. The van der Waals surface area contributed by atoms with Crippen molar-refractivity contribution >= 4 is 43.4 Å². The van der Waals surface area contributed by atoms with Gasteiger partial charge in [-0.3, -0.25) is 9.59 Å². The number of rotatable bonds is 5. The smallest absolute Gasteiger partial charge is 0.376 e. The molecule has 2 amide bonds. The van der Waals surface area contributed by atoms with Crippen molar-refractivity contribution in [1.82, 2.24) is 9.62 Å². The van der Waals surface area contributed by atoms with E-state index in [1.54, 1.807) is 25.8 Å². The highest BCUT2D eigenvalue weighted by Gasteiger charge is 2.27. The van der Waals surface area contributed by atoms with E-state index in [1.807, 2.05) is 15.7 Å². The fourth-order valence-corrected chi connectivity index (χ4v) is 6.13. The molecule has 0 radical (unpaired) electrons. The van der Waals surface area contributed by atoms with Crippen LogP contribution in [0, 0.1) is 17.6 Å². The molecular formula is C30H38B2F2N4O6. The lowest BCUT2D eigenvalue weighted by atomic mass is 9.79. The van der Waals surface area contributed by atoms with Crippen LogP contribution in [0.4, 0.5) is 20.2 Å². The molecule has 1 unspecified atom stereocenters. The van der Waals surface area contributed by atoms with Gasteiger partial charge in [-0.25, -0.2) is 8.78 Å². The molecule has 0 aliphatic carbocycles. The number of nitrogens with zero attached hydrogens (tertiary/aromatic N) is 2. The Bertz CT molecular complexity index is 1430. The first kappa shape index (κ1) is 32.0. The van der Waals surface area contributed by atoms with Crippen LogP contribution in [0.2, 0.25) is 13.6 Å². The van der Waals surface area contributed by atoms with E-state index in [0.29, 0.717) is 29.4 Å². The van der Waals surface area contributed by atoms with Crippen molar-refractivity contribution < 1.29 is 37.9 Å². The zero-order chi connectivity index (χ0) is 31.4. The second kappa shape index (κ2) is 14.1. The molecule has 1 atom stereocenters. The van der Waals surface area contributed by atoms with Gasteiger partial charge < -0.3 is 39.8 Å². The van der Waals surface area contributed by atoms with Gasteiger partial charge in [0.05, 0.1) is 11.4 Å². The number of piperidine rings is 2. The second-order valence-corrected chi connectivity index (χ2v) is 11.9. The predicted octanol–water partition coefficient (Wildman–Crippen LogP) is 3.27. The number of fused-ring (bicyclic) bond motifs is 2. The molecule has 10 nitrogen and oxygen atoms in total. The number of halogens is 2. The van der Waals surface area contributed by atoms with Crippen molar-refractivity contribution in [3.63, 3.8) is 0 Å². The standard InChI is InChI=1S/C15H20BFN2O3.C15H18BFN2O3/c2*1-16(21)19-4-2-3-10(8-19)5-11-6-12(17)15-13(7-11)18-14(20)9-22-15/h6-7,10,21H,2-5,8-9H2,1H3,(H,18,20);5-7,21H,2-4,8-9H2,1H3,(H,18,20). The summed E-state index contributed by atoms with van der Waals surface area (Å²) in [5, 5.41) is 24.6. The van der Waals surface area contributed by atoms with Gasteiger partial charge in [-0.05, 0) is 107 Å². The fourth-order valence-electron chi connectivity index (χ4n) is 6.13. The number of carbonyl (C=O) groups excluding carboxylic acids is 2. The van der Waals surface area contributed by atoms with Crippen molar-refractivity contribution in [2.75, 3.05) is 50.0 Å². The Morgan fingerprint density at radius 2 is 1.52 bits per heavy atom. The average Bonchev–Trinajstić information content (AvgIpc) is 2.97. The van der Waals surface area contributed by atoms with Crippen LogP contribution < -0.4 is 20.1 Å². The number of anilines is 2. The van der Waals surface area contributed by atoms with E-state index in [0.717, 1.165) is 62.9 Å². The highest BCUT2D eigenvalue weighted by molar-refractivity contribution is 6.45. The lowest BCUT2D eigenvalue weighted by Gasteiger charge is -2.33. The van der Waals surface area contributed by atoms with Crippen LogP contribution in [0.5, 0.6) is 11.5 Å². The zero-order valence-electron chi connectivity index (χ0n) is 25.1. The van der Waals surface area contributed by atoms with Gasteiger partial charge in [0.1, 0.15) is 0 Å². The minimum atomic E-state index is -0.489. The van der Waals surface area contributed by atoms with E-state index in [4.69, 9.17) is 9.47 Å². The molecule has 6 rings (SSSR count). The Labute approximate surface area is 256 Å². The SMILES string of the molecule is CB(O)N1CCCC(=Cc2cc(F)c3c(c2)NC(=O)CO3)C1.CB(O)N1CCCC(Cc2cc(F)c3c(c2)NC(=O)CO3)C1. The molecule has 4 N–H and O–H groups in total.